The SMILES string of the molecule is Cn1cc(C(C)(C)C)cc1-c1cccc(C2=CC=CCC2)c1. The van der Waals surface area contributed by atoms with Crippen molar-refractivity contribution in [2.45, 2.75) is 39.0 Å². The van der Waals surface area contributed by atoms with Gasteiger partial charge in [-0.15, -0.1) is 0 Å². The molecule has 1 aliphatic carbocycles. The predicted octanol–water partition coefficient (Wildman–Crippen LogP) is 5.72. The smallest absolute Gasteiger partial charge is 0.0480 e. The molecule has 0 bridgehead atoms. The summed E-state index contributed by atoms with van der Waals surface area (Å²) in [6, 6.07) is 11.3. The Kier molecular flexibility index (Phi) is 3.82. The molecule has 1 nitrogen and oxygen atoms in total. The third-order valence-electron chi connectivity index (χ3n) is 4.41. The molecule has 0 spiro atoms. The summed E-state index contributed by atoms with van der Waals surface area (Å²) < 4.78 is 2.24. The van der Waals surface area contributed by atoms with Gasteiger partial charge in [0.1, 0.15) is 0 Å². The molecule has 0 fully saturated rings. The average Bonchev–Trinajstić information content (AvgIpc) is 2.90. The first-order valence-corrected chi connectivity index (χ1v) is 8.08. The van der Waals surface area contributed by atoms with Crippen LogP contribution in [-0.4, -0.2) is 4.57 Å². The molecule has 0 N–H and O–H groups in total. The maximum absolute atomic E-state index is 2.33. The average molecular weight is 291 g/mol. The van der Waals surface area contributed by atoms with Gasteiger partial charge in [0, 0.05) is 18.9 Å². The maximum Gasteiger partial charge on any atom is 0.0480 e. The number of hydrogen-bond donors (Lipinski definition) is 0. The van der Waals surface area contributed by atoms with Crippen LogP contribution in [0, 0.1) is 0 Å². The van der Waals surface area contributed by atoms with Gasteiger partial charge in [-0.2, -0.15) is 0 Å². The van der Waals surface area contributed by atoms with Crippen molar-refractivity contribution in [2.75, 3.05) is 0 Å². The largest absolute Gasteiger partial charge is 0.350 e. The van der Waals surface area contributed by atoms with Gasteiger partial charge in [0.2, 0.25) is 0 Å². The summed E-state index contributed by atoms with van der Waals surface area (Å²) in [5, 5.41) is 0. The zero-order chi connectivity index (χ0) is 15.7. The lowest BCUT2D eigenvalue weighted by Crippen LogP contribution is -2.09. The van der Waals surface area contributed by atoms with E-state index in [0.29, 0.717) is 0 Å². The second-order valence-electron chi connectivity index (χ2n) is 7.21. The molecule has 1 heteroatoms. The number of aryl methyl sites for hydroxylation is 1. The molecule has 0 unspecified atom stereocenters. The highest BCUT2D eigenvalue weighted by Crippen LogP contribution is 2.31. The van der Waals surface area contributed by atoms with Crippen molar-refractivity contribution in [1.29, 1.82) is 0 Å². The summed E-state index contributed by atoms with van der Waals surface area (Å²) in [6.07, 6.45) is 11.2. The van der Waals surface area contributed by atoms with Crippen LogP contribution >= 0.6 is 0 Å². The summed E-state index contributed by atoms with van der Waals surface area (Å²) in [5.74, 6) is 0. The summed E-state index contributed by atoms with van der Waals surface area (Å²) in [7, 11) is 2.14. The molecule has 0 saturated carbocycles. The second-order valence-corrected chi connectivity index (χ2v) is 7.21. The monoisotopic (exact) mass is 291 g/mol. The van der Waals surface area contributed by atoms with Crippen molar-refractivity contribution in [2.24, 2.45) is 7.05 Å². The van der Waals surface area contributed by atoms with Crippen LogP contribution < -0.4 is 0 Å². The van der Waals surface area contributed by atoms with Gasteiger partial charge in [-0.05, 0) is 52.7 Å². The van der Waals surface area contributed by atoms with E-state index in [9.17, 15) is 0 Å². The van der Waals surface area contributed by atoms with Gasteiger partial charge in [0.05, 0.1) is 0 Å². The van der Waals surface area contributed by atoms with Crippen molar-refractivity contribution < 1.29 is 0 Å². The Morgan fingerprint density at radius 2 is 1.82 bits per heavy atom. The number of benzene rings is 1. The van der Waals surface area contributed by atoms with Gasteiger partial charge in [0.25, 0.3) is 0 Å². The maximum atomic E-state index is 2.33. The van der Waals surface area contributed by atoms with Gasteiger partial charge in [-0.1, -0.05) is 57.2 Å². The highest BCUT2D eigenvalue weighted by molar-refractivity contribution is 5.73. The zero-order valence-electron chi connectivity index (χ0n) is 14.1. The summed E-state index contributed by atoms with van der Waals surface area (Å²) in [6.45, 7) is 6.80. The molecular weight excluding hydrogens is 266 g/mol. The molecule has 3 rings (SSSR count). The van der Waals surface area contributed by atoms with E-state index in [1.165, 1.54) is 28.0 Å². The Balaban J connectivity index is 2.01. The van der Waals surface area contributed by atoms with Crippen LogP contribution in [0.15, 0.2) is 54.8 Å². The molecule has 0 saturated heterocycles. The zero-order valence-corrected chi connectivity index (χ0v) is 14.1. The molecule has 2 aromatic rings. The minimum atomic E-state index is 0.185. The molecular formula is C21H25N. The minimum Gasteiger partial charge on any atom is -0.350 e. The Labute approximate surface area is 134 Å². The van der Waals surface area contributed by atoms with Crippen molar-refractivity contribution in [3.8, 4) is 11.3 Å². The molecule has 114 valence electrons. The lowest BCUT2D eigenvalue weighted by molar-refractivity contribution is 0.589. The van der Waals surface area contributed by atoms with E-state index >= 15 is 0 Å². The van der Waals surface area contributed by atoms with Gasteiger partial charge in [-0.3, -0.25) is 0 Å². The Bertz CT molecular complexity index is 736. The second kappa shape index (κ2) is 5.64. The molecule has 0 atom stereocenters. The van der Waals surface area contributed by atoms with E-state index in [-0.39, 0.29) is 5.41 Å². The molecule has 1 aromatic heterocycles. The van der Waals surface area contributed by atoms with Crippen LogP contribution in [0.4, 0.5) is 0 Å². The number of allylic oxidation sites excluding steroid dienone is 4. The lowest BCUT2D eigenvalue weighted by atomic mass is 9.89. The third kappa shape index (κ3) is 2.94. The minimum absolute atomic E-state index is 0.185. The van der Waals surface area contributed by atoms with E-state index in [1.807, 2.05) is 0 Å². The molecule has 1 aliphatic rings. The number of rotatable bonds is 2. The van der Waals surface area contributed by atoms with E-state index in [4.69, 9.17) is 0 Å². The van der Waals surface area contributed by atoms with Gasteiger partial charge in [-0.25, -0.2) is 0 Å². The highest BCUT2D eigenvalue weighted by Gasteiger charge is 2.17. The van der Waals surface area contributed by atoms with Crippen LogP contribution in [0.25, 0.3) is 16.8 Å². The summed E-state index contributed by atoms with van der Waals surface area (Å²) in [5.41, 5.74) is 6.94. The third-order valence-corrected chi connectivity index (χ3v) is 4.41. The first-order chi connectivity index (χ1) is 10.4. The highest BCUT2D eigenvalue weighted by atomic mass is 14.9. The van der Waals surface area contributed by atoms with Gasteiger partial charge in [0.15, 0.2) is 0 Å². The number of nitrogens with zero attached hydrogens (tertiary/aromatic N) is 1. The molecule has 22 heavy (non-hydrogen) atoms. The quantitative estimate of drug-likeness (QED) is 0.666. The van der Waals surface area contributed by atoms with E-state index in [2.05, 4.69) is 87.1 Å². The van der Waals surface area contributed by atoms with E-state index < -0.39 is 0 Å². The van der Waals surface area contributed by atoms with Crippen molar-refractivity contribution in [3.05, 3.63) is 65.9 Å². The van der Waals surface area contributed by atoms with E-state index in [1.54, 1.807) is 0 Å². The van der Waals surface area contributed by atoms with Crippen LogP contribution in [0.3, 0.4) is 0 Å². The topological polar surface area (TPSA) is 4.93 Å². The molecule has 0 amide bonds. The van der Waals surface area contributed by atoms with Crippen LogP contribution in [0.2, 0.25) is 0 Å². The Morgan fingerprint density at radius 3 is 2.45 bits per heavy atom. The molecule has 0 aliphatic heterocycles. The first kappa shape index (κ1) is 14.9. The van der Waals surface area contributed by atoms with Gasteiger partial charge < -0.3 is 4.57 Å². The normalized spacial score (nSPS) is 15.0. The fourth-order valence-corrected chi connectivity index (χ4v) is 2.98. The molecule has 0 radical (unpaired) electrons. The van der Waals surface area contributed by atoms with Crippen LogP contribution in [0.5, 0.6) is 0 Å². The lowest BCUT2D eigenvalue weighted by Gasteiger charge is -2.15. The van der Waals surface area contributed by atoms with Crippen LogP contribution in [-0.2, 0) is 12.5 Å². The number of aromatic nitrogens is 1. The predicted molar refractivity (Wildman–Crippen MR) is 95.9 cm³/mol. The fourth-order valence-electron chi connectivity index (χ4n) is 2.98. The standard InChI is InChI=1S/C21H25N/c1-21(2,3)19-14-20(22(4)15-19)18-12-8-11-17(13-18)16-9-6-5-7-10-16/h5-6,8-9,11-15H,7,10H2,1-4H3. The Hall–Kier alpha value is -2.02. The first-order valence-electron chi connectivity index (χ1n) is 8.08. The summed E-state index contributed by atoms with van der Waals surface area (Å²) >= 11 is 0. The molecule has 1 heterocycles. The van der Waals surface area contributed by atoms with Crippen molar-refractivity contribution in [3.63, 3.8) is 0 Å². The van der Waals surface area contributed by atoms with E-state index in [0.717, 1.165) is 12.8 Å². The molecule has 1 aromatic carbocycles. The fraction of sp³-hybridized carbons (Fsp3) is 0.333. The van der Waals surface area contributed by atoms with Crippen LogP contribution in [0.1, 0.15) is 44.7 Å². The number of hydrogen-bond acceptors (Lipinski definition) is 0. The van der Waals surface area contributed by atoms with Gasteiger partial charge >= 0.3 is 0 Å². The Morgan fingerprint density at radius 1 is 1.05 bits per heavy atom. The van der Waals surface area contributed by atoms with Crippen molar-refractivity contribution in [1.82, 2.24) is 4.57 Å². The summed E-state index contributed by atoms with van der Waals surface area (Å²) in [4.78, 5) is 0. The van der Waals surface area contributed by atoms with Crippen molar-refractivity contribution >= 4 is 5.57 Å².